The lowest BCUT2D eigenvalue weighted by atomic mass is 9.80. The number of hydrogen-bond acceptors (Lipinski definition) is 8. The lowest BCUT2D eigenvalue weighted by molar-refractivity contribution is -0.0914. The second kappa shape index (κ2) is 15.8. The van der Waals surface area contributed by atoms with E-state index in [0.29, 0.717) is 12.0 Å². The van der Waals surface area contributed by atoms with Crippen LogP contribution < -0.4 is 20.7 Å². The van der Waals surface area contributed by atoms with Crippen molar-refractivity contribution < 1.29 is 23.5 Å². The van der Waals surface area contributed by atoms with Gasteiger partial charge in [0.1, 0.15) is 37.7 Å². The average Bonchev–Trinajstić information content (AvgIpc) is 3.49. The van der Waals surface area contributed by atoms with Crippen LogP contribution in [0.5, 0.6) is 11.5 Å². The highest BCUT2D eigenvalue weighted by Gasteiger charge is 2.44. The molecule has 49 heavy (non-hydrogen) atoms. The first-order valence-electron chi connectivity index (χ1n) is 16.6. The summed E-state index contributed by atoms with van der Waals surface area (Å²) in [7, 11) is 2.26. The summed E-state index contributed by atoms with van der Waals surface area (Å²) < 4.78 is 35.5. The first-order chi connectivity index (χ1) is 23.5. The van der Waals surface area contributed by atoms with Crippen LogP contribution in [0.15, 0.2) is 94.6 Å². The Labute approximate surface area is 289 Å². The number of H-pyrrole nitrogens is 1. The van der Waals surface area contributed by atoms with E-state index in [1.807, 2.05) is 66.7 Å². The third-order valence-electron chi connectivity index (χ3n) is 8.95. The zero-order valence-corrected chi connectivity index (χ0v) is 30.5. The van der Waals surface area contributed by atoms with E-state index in [2.05, 4.69) is 56.1 Å². The smallest absolute Gasteiger partial charge is 0.330 e. The van der Waals surface area contributed by atoms with Crippen molar-refractivity contribution >= 4 is 8.30 Å². The van der Waals surface area contributed by atoms with Crippen LogP contribution >= 0.6 is 8.30 Å². The van der Waals surface area contributed by atoms with E-state index >= 15 is 0 Å². The molecule has 262 valence electrons. The second-order valence-electron chi connectivity index (χ2n) is 12.8. The van der Waals surface area contributed by atoms with Gasteiger partial charge in [0.25, 0.3) is 5.56 Å². The fourth-order valence-electron chi connectivity index (χ4n) is 6.71. The van der Waals surface area contributed by atoms with E-state index in [4.69, 9.17) is 23.5 Å². The highest BCUT2D eigenvalue weighted by Crippen LogP contribution is 2.47. The zero-order chi connectivity index (χ0) is 35.3. The van der Waals surface area contributed by atoms with Crippen LogP contribution in [0.2, 0.25) is 0 Å². The van der Waals surface area contributed by atoms with Crippen molar-refractivity contribution in [2.45, 2.75) is 77.2 Å². The third kappa shape index (κ3) is 7.84. The minimum absolute atomic E-state index is 0.137. The summed E-state index contributed by atoms with van der Waals surface area (Å²) in [6, 6.07) is 26.4. The molecule has 3 aromatic carbocycles. The van der Waals surface area contributed by atoms with Crippen LogP contribution in [0, 0.1) is 6.92 Å². The van der Waals surface area contributed by atoms with E-state index in [0.717, 1.165) is 28.2 Å². The number of aromatic nitrogens is 2. The highest BCUT2D eigenvalue weighted by molar-refractivity contribution is 7.49. The number of ether oxygens (including phenoxy) is 4. The Morgan fingerprint density at radius 1 is 0.878 bits per heavy atom. The van der Waals surface area contributed by atoms with Gasteiger partial charge in [-0.3, -0.25) is 19.0 Å². The number of aromatic amines is 1. The van der Waals surface area contributed by atoms with Gasteiger partial charge in [0.2, 0.25) is 0 Å². The van der Waals surface area contributed by atoms with Crippen molar-refractivity contribution in [3.05, 3.63) is 128 Å². The molecule has 0 radical (unpaired) electrons. The Morgan fingerprint density at radius 3 is 1.92 bits per heavy atom. The lowest BCUT2D eigenvalue weighted by Gasteiger charge is -2.39. The van der Waals surface area contributed by atoms with Crippen molar-refractivity contribution in [2.24, 2.45) is 0 Å². The van der Waals surface area contributed by atoms with Crippen LogP contribution in [-0.4, -0.2) is 66.0 Å². The van der Waals surface area contributed by atoms with E-state index in [1.54, 1.807) is 27.3 Å². The van der Waals surface area contributed by atoms with Crippen LogP contribution in [0.1, 0.15) is 62.6 Å². The van der Waals surface area contributed by atoms with Gasteiger partial charge in [0.15, 0.2) is 0 Å². The van der Waals surface area contributed by atoms with E-state index in [1.165, 1.54) is 4.57 Å². The van der Waals surface area contributed by atoms with Gasteiger partial charge in [-0.05, 0) is 82.2 Å². The van der Waals surface area contributed by atoms with Gasteiger partial charge in [0.05, 0.1) is 26.9 Å². The van der Waals surface area contributed by atoms with Crippen molar-refractivity contribution in [1.29, 1.82) is 0 Å². The number of benzene rings is 3. The largest absolute Gasteiger partial charge is 0.497 e. The molecule has 0 bridgehead atoms. The van der Waals surface area contributed by atoms with Gasteiger partial charge >= 0.3 is 5.69 Å². The summed E-state index contributed by atoms with van der Waals surface area (Å²) in [4.78, 5) is 27.6. The first kappa shape index (κ1) is 36.5. The van der Waals surface area contributed by atoms with Gasteiger partial charge < -0.3 is 23.5 Å². The number of hydrogen-bond donors (Lipinski definition) is 1. The number of methoxy groups -OCH3 is 2. The van der Waals surface area contributed by atoms with Crippen molar-refractivity contribution in [1.82, 2.24) is 14.2 Å². The minimum Gasteiger partial charge on any atom is -0.497 e. The molecule has 1 aliphatic heterocycles. The summed E-state index contributed by atoms with van der Waals surface area (Å²) in [5, 5.41) is 0. The van der Waals surface area contributed by atoms with Gasteiger partial charge in [-0.25, -0.2) is 4.79 Å². The topological polar surface area (TPSA) is 104 Å². The maximum absolute atomic E-state index is 13.0. The van der Waals surface area contributed by atoms with Crippen LogP contribution in [0.3, 0.4) is 0 Å². The lowest BCUT2D eigenvalue weighted by Crippen LogP contribution is -2.39. The molecular formula is C38H48N3O7P. The normalized spacial score (nSPS) is 18.7. The molecule has 2 heterocycles. The Hall–Kier alpha value is -3.79. The number of nitrogens with one attached hydrogen (secondary N) is 1. The molecule has 1 aliphatic rings. The number of nitrogens with zero attached hydrogens (tertiary/aromatic N) is 2. The average molecular weight is 690 g/mol. The molecule has 1 fully saturated rings. The number of rotatable bonds is 14. The monoisotopic (exact) mass is 689 g/mol. The molecule has 4 aromatic rings. The predicted octanol–water partition coefficient (Wildman–Crippen LogP) is 6.60. The van der Waals surface area contributed by atoms with Crippen LogP contribution in [-0.2, 0) is 19.6 Å². The molecule has 5 rings (SSSR count). The molecule has 1 N–H and O–H groups in total. The summed E-state index contributed by atoms with van der Waals surface area (Å²) >= 11 is 0. The Kier molecular flexibility index (Phi) is 11.8. The Bertz CT molecular complexity index is 1720. The molecule has 10 nitrogen and oxygen atoms in total. The highest BCUT2D eigenvalue weighted by atomic mass is 31.2. The molecule has 4 atom stereocenters. The van der Waals surface area contributed by atoms with Crippen molar-refractivity contribution in [3.8, 4) is 11.5 Å². The molecule has 2 unspecified atom stereocenters. The van der Waals surface area contributed by atoms with Crippen LogP contribution in [0.4, 0.5) is 0 Å². The van der Waals surface area contributed by atoms with Crippen LogP contribution in [0.25, 0.3) is 0 Å². The maximum atomic E-state index is 13.0. The Morgan fingerprint density at radius 2 is 1.41 bits per heavy atom. The molecule has 11 heteroatoms. The first-order valence-corrected chi connectivity index (χ1v) is 18.3. The molecule has 1 aromatic heterocycles. The maximum Gasteiger partial charge on any atom is 0.330 e. The molecule has 1 saturated heterocycles. The molecule has 0 amide bonds. The van der Waals surface area contributed by atoms with Gasteiger partial charge in [0, 0.05) is 30.3 Å². The Balaban J connectivity index is 1.58. The summed E-state index contributed by atoms with van der Waals surface area (Å²) in [5.41, 5.74) is 1.14. The third-order valence-corrected chi connectivity index (χ3v) is 11.1. The quantitative estimate of drug-likeness (QED) is 0.117. The van der Waals surface area contributed by atoms with E-state index in [9.17, 15) is 9.59 Å². The minimum atomic E-state index is -1.06. The molecular weight excluding hydrogens is 641 g/mol. The number of aryl methyl sites for hydroxylation is 1. The summed E-state index contributed by atoms with van der Waals surface area (Å²) in [6.45, 7) is 12.6. The van der Waals surface area contributed by atoms with Gasteiger partial charge in [-0.15, -0.1) is 0 Å². The van der Waals surface area contributed by atoms with Crippen molar-refractivity contribution in [3.63, 3.8) is 0 Å². The molecule has 0 spiro atoms. The predicted molar refractivity (Wildman–Crippen MR) is 193 cm³/mol. The second-order valence-corrected chi connectivity index (χ2v) is 14.4. The molecule has 0 aliphatic carbocycles. The fourth-order valence-corrected chi connectivity index (χ4v) is 8.73. The zero-order valence-electron chi connectivity index (χ0n) is 29.6. The SMILES string of the molecule is COc1ccc(C(OC[C@H]2O[C@@H](n3cc(C)c(=O)[nH]c3=O)CC2OP(C)N(C(C)C)C(C)C)(c2ccccc2)c2ccc(OC)cc2)cc1. The van der Waals surface area contributed by atoms with Gasteiger partial charge in [-0.1, -0.05) is 54.6 Å². The molecule has 0 saturated carbocycles. The fraction of sp³-hybridized carbons (Fsp3) is 0.421. The van der Waals surface area contributed by atoms with Crippen molar-refractivity contribution in [2.75, 3.05) is 27.5 Å². The van der Waals surface area contributed by atoms with E-state index in [-0.39, 0.29) is 18.7 Å². The summed E-state index contributed by atoms with van der Waals surface area (Å²) in [6.07, 6.45) is 0.345. The summed E-state index contributed by atoms with van der Waals surface area (Å²) in [5.74, 6) is 1.46. The van der Waals surface area contributed by atoms with E-state index < -0.39 is 43.6 Å². The van der Waals surface area contributed by atoms with Gasteiger partial charge in [-0.2, -0.15) is 0 Å². The standard InChI is InChI=1S/C38H48N3O7P/c1-25(2)41(26(3)4)49(8)48-33-22-35(40-23-27(5)36(42)39-37(40)43)47-34(33)24-46-38(28-12-10-9-11-13-28,29-14-18-31(44-6)19-15-29)30-16-20-32(45-7)21-17-30/h9-21,23,25-26,33-35H,22,24H2,1-8H3,(H,39,42,43)/t33?,34-,35-,49?/m1/s1.